The molecule has 0 saturated carbocycles. The van der Waals surface area contributed by atoms with Crippen LogP contribution in [-0.4, -0.2) is 47.4 Å². The molecule has 0 N–H and O–H groups in total. The van der Waals surface area contributed by atoms with E-state index in [4.69, 9.17) is 9.47 Å². The standard InChI is InChI=1S/C27H24FN3O3/c1-33-23-13-9-19(10-14-23)25-17-24(29-31(25)22-5-3-2-4-6-22)27(32)30-15-16-34-26(18-30)20-7-11-21(28)12-8-20/h2-14,17,26H,15-16,18H2,1H3. The van der Waals surface area contributed by atoms with Crippen LogP contribution in [-0.2, 0) is 4.74 Å². The molecule has 34 heavy (non-hydrogen) atoms. The van der Waals surface area contributed by atoms with Crippen molar-refractivity contribution in [2.75, 3.05) is 26.8 Å². The molecule has 1 fully saturated rings. The predicted octanol–water partition coefficient (Wildman–Crippen LogP) is 4.90. The van der Waals surface area contributed by atoms with Gasteiger partial charge in [-0.25, -0.2) is 9.07 Å². The fraction of sp³-hybridized carbons (Fsp3) is 0.185. The van der Waals surface area contributed by atoms with Crippen molar-refractivity contribution in [3.8, 4) is 22.7 Å². The minimum atomic E-state index is -0.310. The molecule has 4 aromatic rings. The maximum Gasteiger partial charge on any atom is 0.274 e. The lowest BCUT2D eigenvalue weighted by molar-refractivity contribution is -0.0230. The van der Waals surface area contributed by atoms with Gasteiger partial charge < -0.3 is 14.4 Å². The Morgan fingerprint density at radius 2 is 1.76 bits per heavy atom. The number of para-hydroxylation sites is 1. The molecule has 1 aliphatic rings. The molecule has 2 heterocycles. The van der Waals surface area contributed by atoms with Gasteiger partial charge >= 0.3 is 0 Å². The van der Waals surface area contributed by atoms with Gasteiger partial charge in [-0.3, -0.25) is 4.79 Å². The molecule has 5 rings (SSSR count). The Hall–Kier alpha value is -3.97. The molecule has 0 bridgehead atoms. The van der Waals surface area contributed by atoms with E-state index in [1.807, 2.05) is 60.7 Å². The zero-order chi connectivity index (χ0) is 23.5. The highest BCUT2D eigenvalue weighted by molar-refractivity contribution is 5.93. The Morgan fingerprint density at radius 3 is 2.47 bits per heavy atom. The summed E-state index contributed by atoms with van der Waals surface area (Å²) in [5.74, 6) is 0.288. The fourth-order valence-electron chi connectivity index (χ4n) is 4.09. The summed E-state index contributed by atoms with van der Waals surface area (Å²) in [7, 11) is 1.63. The van der Waals surface area contributed by atoms with Crippen molar-refractivity contribution >= 4 is 5.91 Å². The molecule has 1 aromatic heterocycles. The van der Waals surface area contributed by atoms with Crippen LogP contribution >= 0.6 is 0 Å². The van der Waals surface area contributed by atoms with Crippen LogP contribution in [0.2, 0.25) is 0 Å². The maximum absolute atomic E-state index is 13.5. The highest BCUT2D eigenvalue weighted by Gasteiger charge is 2.28. The first kappa shape index (κ1) is 21.9. The highest BCUT2D eigenvalue weighted by atomic mass is 19.1. The SMILES string of the molecule is COc1ccc(-c2cc(C(=O)N3CCOC(c4ccc(F)cc4)C3)nn2-c2ccccc2)cc1. The Bertz CT molecular complexity index is 1270. The predicted molar refractivity (Wildman–Crippen MR) is 127 cm³/mol. The molecule has 1 atom stereocenters. The van der Waals surface area contributed by atoms with E-state index in [0.717, 1.165) is 28.3 Å². The quantitative estimate of drug-likeness (QED) is 0.428. The van der Waals surface area contributed by atoms with E-state index in [2.05, 4.69) is 5.10 Å². The Kier molecular flexibility index (Phi) is 6.10. The normalized spacial score (nSPS) is 15.8. The van der Waals surface area contributed by atoms with Crippen LogP contribution in [0.4, 0.5) is 4.39 Å². The second-order valence-corrected chi connectivity index (χ2v) is 8.05. The van der Waals surface area contributed by atoms with Crippen molar-refractivity contribution in [2.24, 2.45) is 0 Å². The van der Waals surface area contributed by atoms with E-state index in [1.165, 1.54) is 12.1 Å². The number of carbonyl (C=O) groups is 1. The van der Waals surface area contributed by atoms with E-state index in [1.54, 1.807) is 28.8 Å². The molecule has 1 saturated heterocycles. The van der Waals surface area contributed by atoms with Crippen LogP contribution in [0.25, 0.3) is 16.9 Å². The number of hydrogen-bond donors (Lipinski definition) is 0. The third-order valence-corrected chi connectivity index (χ3v) is 5.91. The third-order valence-electron chi connectivity index (χ3n) is 5.91. The van der Waals surface area contributed by atoms with Crippen LogP contribution in [0.3, 0.4) is 0 Å². The third kappa shape index (κ3) is 4.43. The largest absolute Gasteiger partial charge is 0.497 e. The summed E-state index contributed by atoms with van der Waals surface area (Å²) < 4.78 is 26.2. The molecule has 6 nitrogen and oxygen atoms in total. The van der Waals surface area contributed by atoms with Crippen molar-refractivity contribution in [3.05, 3.63) is 102 Å². The fourth-order valence-corrected chi connectivity index (χ4v) is 4.09. The highest BCUT2D eigenvalue weighted by Crippen LogP contribution is 2.28. The number of morpholine rings is 1. The number of ether oxygens (including phenoxy) is 2. The van der Waals surface area contributed by atoms with E-state index in [-0.39, 0.29) is 17.8 Å². The van der Waals surface area contributed by atoms with Gasteiger partial charge in [-0.2, -0.15) is 5.10 Å². The van der Waals surface area contributed by atoms with Crippen LogP contribution in [0.15, 0.2) is 84.9 Å². The van der Waals surface area contributed by atoms with Crippen molar-refractivity contribution in [1.29, 1.82) is 0 Å². The number of nitrogens with zero attached hydrogens (tertiary/aromatic N) is 3. The van der Waals surface area contributed by atoms with Crippen LogP contribution in [0.5, 0.6) is 5.75 Å². The summed E-state index contributed by atoms with van der Waals surface area (Å²) in [5, 5.41) is 4.69. The number of carbonyl (C=O) groups excluding carboxylic acids is 1. The van der Waals surface area contributed by atoms with Gasteiger partial charge in [-0.15, -0.1) is 0 Å². The molecule has 1 aliphatic heterocycles. The van der Waals surface area contributed by atoms with Crippen LogP contribution in [0.1, 0.15) is 22.2 Å². The number of benzene rings is 3. The van der Waals surface area contributed by atoms with Gasteiger partial charge in [0.2, 0.25) is 0 Å². The number of rotatable bonds is 5. The lowest BCUT2D eigenvalue weighted by atomic mass is 10.1. The van der Waals surface area contributed by atoms with Gasteiger partial charge in [0, 0.05) is 12.1 Å². The van der Waals surface area contributed by atoms with E-state index in [0.29, 0.717) is 25.4 Å². The summed E-state index contributed by atoms with van der Waals surface area (Å²) >= 11 is 0. The van der Waals surface area contributed by atoms with Crippen molar-refractivity contribution in [2.45, 2.75) is 6.10 Å². The number of methoxy groups -OCH3 is 1. The lowest BCUT2D eigenvalue weighted by Gasteiger charge is -2.32. The minimum Gasteiger partial charge on any atom is -0.497 e. The second kappa shape index (κ2) is 9.49. The first-order chi connectivity index (χ1) is 16.6. The molecule has 1 unspecified atom stereocenters. The first-order valence-electron chi connectivity index (χ1n) is 11.1. The Balaban J connectivity index is 1.46. The molecule has 1 amide bonds. The van der Waals surface area contributed by atoms with E-state index in [9.17, 15) is 9.18 Å². The average Bonchev–Trinajstić information content (AvgIpc) is 3.35. The number of amides is 1. The molecular weight excluding hydrogens is 433 g/mol. The maximum atomic E-state index is 13.5. The summed E-state index contributed by atoms with van der Waals surface area (Å²) in [6, 6.07) is 25.4. The van der Waals surface area contributed by atoms with Crippen LogP contribution < -0.4 is 4.74 Å². The summed E-state index contributed by atoms with van der Waals surface area (Å²) in [6.45, 7) is 1.24. The van der Waals surface area contributed by atoms with Gasteiger partial charge in [-0.1, -0.05) is 30.3 Å². The zero-order valence-corrected chi connectivity index (χ0v) is 18.7. The van der Waals surface area contributed by atoms with E-state index >= 15 is 0 Å². The minimum absolute atomic E-state index is 0.167. The van der Waals surface area contributed by atoms with Gasteiger partial charge in [0.15, 0.2) is 5.69 Å². The molecular formula is C27H24FN3O3. The Morgan fingerprint density at radius 1 is 1.03 bits per heavy atom. The molecule has 0 radical (unpaired) electrons. The number of hydrogen-bond acceptors (Lipinski definition) is 4. The van der Waals surface area contributed by atoms with Gasteiger partial charge in [-0.05, 0) is 60.2 Å². The van der Waals surface area contributed by atoms with Crippen molar-refractivity contribution < 1.29 is 18.7 Å². The number of aromatic nitrogens is 2. The summed E-state index contributed by atoms with van der Waals surface area (Å²) in [4.78, 5) is 15.2. The van der Waals surface area contributed by atoms with Gasteiger partial charge in [0.25, 0.3) is 5.91 Å². The average molecular weight is 458 g/mol. The van der Waals surface area contributed by atoms with Gasteiger partial charge in [0.1, 0.15) is 17.7 Å². The zero-order valence-electron chi connectivity index (χ0n) is 18.7. The monoisotopic (exact) mass is 457 g/mol. The van der Waals surface area contributed by atoms with Crippen molar-refractivity contribution in [1.82, 2.24) is 14.7 Å². The van der Waals surface area contributed by atoms with Gasteiger partial charge in [0.05, 0.1) is 31.6 Å². The topological polar surface area (TPSA) is 56.6 Å². The van der Waals surface area contributed by atoms with E-state index < -0.39 is 0 Å². The second-order valence-electron chi connectivity index (χ2n) is 8.05. The number of halogens is 1. The molecule has 3 aromatic carbocycles. The lowest BCUT2D eigenvalue weighted by Crippen LogP contribution is -2.42. The smallest absolute Gasteiger partial charge is 0.274 e. The molecule has 0 spiro atoms. The summed E-state index contributed by atoms with van der Waals surface area (Å²) in [6.07, 6.45) is -0.310. The summed E-state index contributed by atoms with van der Waals surface area (Å²) in [5.41, 5.74) is 3.78. The molecule has 0 aliphatic carbocycles. The first-order valence-corrected chi connectivity index (χ1v) is 11.1. The van der Waals surface area contributed by atoms with Crippen molar-refractivity contribution in [3.63, 3.8) is 0 Å². The Labute approximate surface area is 197 Å². The molecule has 172 valence electrons. The molecule has 7 heteroatoms. The van der Waals surface area contributed by atoms with Crippen LogP contribution in [0, 0.1) is 5.82 Å².